The van der Waals surface area contributed by atoms with E-state index in [0.29, 0.717) is 19.6 Å². The van der Waals surface area contributed by atoms with Crippen LogP contribution in [0.2, 0.25) is 0 Å². The Morgan fingerprint density at radius 1 is 1.23 bits per heavy atom. The van der Waals surface area contributed by atoms with Gasteiger partial charge in [0.1, 0.15) is 5.60 Å². The van der Waals surface area contributed by atoms with Crippen molar-refractivity contribution in [1.82, 2.24) is 20.2 Å². The zero-order valence-corrected chi connectivity index (χ0v) is 13.2. The molecule has 2 aliphatic heterocycles. The molecule has 0 unspecified atom stereocenters. The van der Waals surface area contributed by atoms with Crippen LogP contribution in [0.15, 0.2) is 12.2 Å². The van der Waals surface area contributed by atoms with Crippen molar-refractivity contribution >= 4 is 18.0 Å². The summed E-state index contributed by atoms with van der Waals surface area (Å²) in [6.45, 7) is 7.01. The number of hydrogen-bond acceptors (Lipinski definition) is 5. The van der Waals surface area contributed by atoms with Gasteiger partial charge in [0.05, 0.1) is 13.1 Å². The quantitative estimate of drug-likeness (QED) is 0.608. The average molecular weight is 310 g/mol. The van der Waals surface area contributed by atoms with Crippen LogP contribution in [0.3, 0.4) is 0 Å². The number of urea groups is 1. The first kappa shape index (κ1) is 16.3. The van der Waals surface area contributed by atoms with Crippen molar-refractivity contribution in [1.29, 1.82) is 0 Å². The first-order valence-electron chi connectivity index (χ1n) is 7.26. The topological polar surface area (TPSA) is 82.2 Å². The lowest BCUT2D eigenvalue weighted by molar-refractivity contribution is -0.125. The van der Waals surface area contributed by atoms with Crippen molar-refractivity contribution in [3.05, 3.63) is 12.2 Å². The number of amides is 4. The lowest BCUT2D eigenvalue weighted by atomic mass is 10.2. The molecule has 8 nitrogen and oxygen atoms in total. The highest BCUT2D eigenvalue weighted by atomic mass is 16.6. The molecule has 2 aliphatic rings. The van der Waals surface area contributed by atoms with Gasteiger partial charge < -0.3 is 10.1 Å². The number of carbonyl (C=O) groups excluding carboxylic acids is 3. The number of nitrogens with one attached hydrogen (secondary N) is 1. The van der Waals surface area contributed by atoms with E-state index in [2.05, 4.69) is 5.32 Å². The van der Waals surface area contributed by atoms with Gasteiger partial charge in [-0.2, -0.15) is 0 Å². The van der Waals surface area contributed by atoms with E-state index >= 15 is 0 Å². The van der Waals surface area contributed by atoms with Crippen LogP contribution in [0.4, 0.5) is 9.59 Å². The highest BCUT2D eigenvalue weighted by Gasteiger charge is 2.31. The minimum absolute atomic E-state index is 0.0362. The molecule has 122 valence electrons. The molecule has 0 aliphatic carbocycles. The first-order valence-corrected chi connectivity index (χ1v) is 7.26. The maximum atomic E-state index is 12.2. The molecule has 0 saturated carbocycles. The van der Waals surface area contributed by atoms with Crippen molar-refractivity contribution in [2.45, 2.75) is 26.4 Å². The van der Waals surface area contributed by atoms with Gasteiger partial charge >= 0.3 is 12.1 Å². The predicted molar refractivity (Wildman–Crippen MR) is 78.8 cm³/mol. The van der Waals surface area contributed by atoms with Gasteiger partial charge in [0, 0.05) is 19.6 Å². The van der Waals surface area contributed by atoms with Crippen molar-refractivity contribution in [2.75, 3.05) is 32.7 Å². The van der Waals surface area contributed by atoms with Crippen molar-refractivity contribution in [2.24, 2.45) is 0 Å². The van der Waals surface area contributed by atoms with E-state index in [1.165, 1.54) is 5.01 Å². The van der Waals surface area contributed by atoms with Crippen molar-refractivity contribution in [3.63, 3.8) is 0 Å². The molecule has 22 heavy (non-hydrogen) atoms. The Bertz CT molecular complexity index is 482. The molecule has 0 atom stereocenters. The molecular formula is C14H22N4O4. The predicted octanol–water partition coefficient (Wildman–Crippen LogP) is 0.562. The summed E-state index contributed by atoms with van der Waals surface area (Å²) in [5.41, 5.74) is -0.575. The summed E-state index contributed by atoms with van der Waals surface area (Å²) in [5, 5.41) is 5.73. The van der Waals surface area contributed by atoms with Gasteiger partial charge in [0.2, 0.25) is 5.91 Å². The van der Waals surface area contributed by atoms with Gasteiger partial charge in [-0.05, 0) is 20.8 Å². The van der Waals surface area contributed by atoms with Gasteiger partial charge in [-0.15, -0.1) is 0 Å². The zero-order valence-electron chi connectivity index (χ0n) is 13.2. The molecule has 4 amide bonds. The molecule has 0 aromatic carbocycles. The summed E-state index contributed by atoms with van der Waals surface area (Å²) >= 11 is 0. The smallest absolute Gasteiger partial charge is 0.425 e. The van der Waals surface area contributed by atoms with Crippen LogP contribution >= 0.6 is 0 Å². The van der Waals surface area contributed by atoms with Crippen LogP contribution < -0.4 is 5.32 Å². The first-order chi connectivity index (χ1) is 10.3. The number of hydrogen-bond donors (Lipinski definition) is 1. The molecule has 0 aromatic heterocycles. The summed E-state index contributed by atoms with van der Waals surface area (Å²) < 4.78 is 5.37. The normalized spacial score (nSPS) is 19.6. The van der Waals surface area contributed by atoms with Crippen LogP contribution in [0, 0.1) is 0 Å². The second kappa shape index (κ2) is 6.35. The summed E-state index contributed by atoms with van der Waals surface area (Å²) in [6.07, 6.45) is 3.38. The minimum Gasteiger partial charge on any atom is -0.443 e. The van der Waals surface area contributed by atoms with Crippen molar-refractivity contribution < 1.29 is 19.1 Å². The molecule has 0 aromatic rings. The van der Waals surface area contributed by atoms with E-state index in [1.807, 2.05) is 32.9 Å². The fourth-order valence-corrected chi connectivity index (χ4v) is 2.20. The minimum atomic E-state index is -0.575. The van der Waals surface area contributed by atoms with E-state index in [9.17, 15) is 14.4 Å². The van der Waals surface area contributed by atoms with E-state index in [-0.39, 0.29) is 25.0 Å². The van der Waals surface area contributed by atoms with Gasteiger partial charge in [-0.25, -0.2) is 19.6 Å². The molecule has 0 radical (unpaired) electrons. The molecule has 1 saturated heterocycles. The number of carbonyl (C=O) groups is 3. The molecule has 0 bridgehead atoms. The summed E-state index contributed by atoms with van der Waals surface area (Å²) in [4.78, 5) is 36.5. The third-order valence-corrected chi connectivity index (χ3v) is 3.23. The van der Waals surface area contributed by atoms with E-state index in [0.717, 1.165) is 4.90 Å². The third kappa shape index (κ3) is 3.97. The van der Waals surface area contributed by atoms with E-state index in [1.54, 1.807) is 5.01 Å². The number of nitrogens with zero attached hydrogens (tertiary/aromatic N) is 3. The Kier molecular flexibility index (Phi) is 4.70. The van der Waals surface area contributed by atoms with Crippen LogP contribution in [-0.2, 0) is 9.53 Å². The molecular weight excluding hydrogens is 288 g/mol. The third-order valence-electron chi connectivity index (χ3n) is 3.23. The van der Waals surface area contributed by atoms with E-state index < -0.39 is 11.7 Å². The fourth-order valence-electron chi connectivity index (χ4n) is 2.20. The summed E-state index contributed by atoms with van der Waals surface area (Å²) in [7, 11) is 0. The largest absolute Gasteiger partial charge is 0.443 e. The molecule has 2 heterocycles. The van der Waals surface area contributed by atoms with Crippen LogP contribution in [0.5, 0.6) is 0 Å². The SMILES string of the molecule is CC(C)(C)OC(=O)N1CC=CCN1CCN1C(=O)CNC1=O. The van der Waals surface area contributed by atoms with Gasteiger partial charge in [0.15, 0.2) is 0 Å². The average Bonchev–Trinajstić information content (AvgIpc) is 2.74. The lowest BCUT2D eigenvalue weighted by Crippen LogP contribution is -2.52. The second-order valence-corrected chi connectivity index (χ2v) is 6.15. The highest BCUT2D eigenvalue weighted by Crippen LogP contribution is 2.14. The van der Waals surface area contributed by atoms with Crippen LogP contribution in [0.1, 0.15) is 20.8 Å². The van der Waals surface area contributed by atoms with Crippen molar-refractivity contribution in [3.8, 4) is 0 Å². The van der Waals surface area contributed by atoms with Crippen LogP contribution in [0.25, 0.3) is 0 Å². The lowest BCUT2D eigenvalue weighted by Gasteiger charge is -2.37. The Morgan fingerprint density at radius 3 is 2.50 bits per heavy atom. The number of hydrazine groups is 1. The molecule has 1 fully saturated rings. The second-order valence-electron chi connectivity index (χ2n) is 6.15. The Hall–Kier alpha value is -2.09. The fraction of sp³-hybridized carbons (Fsp3) is 0.643. The molecule has 2 rings (SSSR count). The number of ether oxygens (including phenoxy) is 1. The molecule has 1 N–H and O–H groups in total. The van der Waals surface area contributed by atoms with Crippen LogP contribution in [-0.4, -0.2) is 71.3 Å². The summed E-state index contributed by atoms with van der Waals surface area (Å²) in [5.74, 6) is -0.249. The van der Waals surface area contributed by atoms with E-state index in [4.69, 9.17) is 4.74 Å². The molecule has 8 heteroatoms. The van der Waals surface area contributed by atoms with Gasteiger partial charge in [-0.3, -0.25) is 9.69 Å². The van der Waals surface area contributed by atoms with Gasteiger partial charge in [0.25, 0.3) is 0 Å². The maximum Gasteiger partial charge on any atom is 0.425 e. The number of rotatable bonds is 3. The van der Waals surface area contributed by atoms with Gasteiger partial charge in [-0.1, -0.05) is 12.2 Å². The Labute approximate surface area is 129 Å². The highest BCUT2D eigenvalue weighted by molar-refractivity contribution is 6.01. The maximum absolute atomic E-state index is 12.2. The number of imide groups is 1. The Balaban J connectivity index is 1.95. The standard InChI is InChI=1S/C14H22N4O4/c1-14(2,3)22-13(21)18-7-5-4-6-16(18)8-9-17-11(19)10-15-12(17)20/h4-5H,6-10H2,1-3H3,(H,15,20). The monoisotopic (exact) mass is 310 g/mol. The molecule has 0 spiro atoms. The Morgan fingerprint density at radius 2 is 1.91 bits per heavy atom. The summed E-state index contributed by atoms with van der Waals surface area (Å²) in [6, 6.07) is -0.388. The zero-order chi connectivity index (χ0) is 16.3.